The van der Waals surface area contributed by atoms with E-state index in [9.17, 15) is 4.79 Å². The Labute approximate surface area is 209 Å². The van der Waals surface area contributed by atoms with E-state index in [1.807, 2.05) is 33.2 Å². The summed E-state index contributed by atoms with van der Waals surface area (Å²) in [6.07, 6.45) is 5.71. The number of methoxy groups -OCH3 is 1. The van der Waals surface area contributed by atoms with Gasteiger partial charge in [-0.3, -0.25) is 4.79 Å². The summed E-state index contributed by atoms with van der Waals surface area (Å²) in [6, 6.07) is 7.82. The summed E-state index contributed by atoms with van der Waals surface area (Å²) in [5.74, 6) is 1.35. The first kappa shape index (κ1) is 26.4. The Balaban J connectivity index is 0.00000108. The Hall–Kier alpha value is -3.25. The molecule has 2 aliphatic heterocycles. The van der Waals surface area contributed by atoms with E-state index >= 15 is 0 Å². The highest BCUT2D eigenvalue weighted by atomic mass is 16.6. The van der Waals surface area contributed by atoms with E-state index in [2.05, 4.69) is 56.2 Å². The Kier molecular flexibility index (Phi) is 8.28. The monoisotopic (exact) mass is 478 g/mol. The largest absolute Gasteiger partial charge is 0.492 e. The molecule has 6 heteroatoms. The highest BCUT2D eigenvalue weighted by molar-refractivity contribution is 5.92. The second kappa shape index (κ2) is 11.0. The fraction of sp³-hybridized carbons (Fsp3) is 0.414. The van der Waals surface area contributed by atoms with Crippen molar-refractivity contribution < 1.29 is 19.0 Å². The van der Waals surface area contributed by atoms with Gasteiger partial charge in [-0.25, -0.2) is 0 Å². The molecule has 0 radical (unpaired) electrons. The number of anilines is 1. The van der Waals surface area contributed by atoms with E-state index in [0.29, 0.717) is 30.1 Å². The molecule has 0 fully saturated rings. The van der Waals surface area contributed by atoms with Crippen LogP contribution in [0.15, 0.2) is 43.0 Å². The lowest BCUT2D eigenvalue weighted by molar-refractivity contribution is -0.134. The Morgan fingerprint density at radius 3 is 2.57 bits per heavy atom. The van der Waals surface area contributed by atoms with Crippen LogP contribution in [0.2, 0.25) is 0 Å². The van der Waals surface area contributed by atoms with Crippen molar-refractivity contribution >= 4 is 17.2 Å². The first-order valence-corrected chi connectivity index (χ1v) is 12.1. The average molecular weight is 479 g/mol. The summed E-state index contributed by atoms with van der Waals surface area (Å²) in [5.41, 5.74) is 6.23. The Morgan fingerprint density at radius 1 is 1.23 bits per heavy atom. The number of hydrogen-bond acceptors (Lipinski definition) is 6. The number of fused-ring (bicyclic) bond motifs is 5. The molecule has 0 aliphatic carbocycles. The van der Waals surface area contributed by atoms with E-state index in [1.165, 1.54) is 5.57 Å². The second-order valence-electron chi connectivity index (χ2n) is 9.45. The molecule has 0 spiro atoms. The molecule has 2 heterocycles. The minimum Gasteiger partial charge on any atom is -0.492 e. The molecule has 0 saturated carbocycles. The average Bonchev–Trinajstić information content (AvgIpc) is 2.78. The van der Waals surface area contributed by atoms with Crippen molar-refractivity contribution in [1.82, 2.24) is 5.32 Å². The normalized spacial score (nSPS) is 16.5. The van der Waals surface area contributed by atoms with Gasteiger partial charge in [-0.05, 0) is 70.6 Å². The van der Waals surface area contributed by atoms with Gasteiger partial charge in [0.1, 0.15) is 11.9 Å². The van der Waals surface area contributed by atoms with E-state index in [1.54, 1.807) is 13.2 Å². The minimum atomic E-state index is -0.275. The fourth-order valence-corrected chi connectivity index (χ4v) is 4.79. The number of rotatable bonds is 6. The van der Waals surface area contributed by atoms with Crippen LogP contribution < -0.4 is 24.8 Å². The van der Waals surface area contributed by atoms with Crippen LogP contribution in [0.4, 0.5) is 5.69 Å². The number of ether oxygens (including phenoxy) is 3. The van der Waals surface area contributed by atoms with Crippen LogP contribution >= 0.6 is 0 Å². The molecule has 0 saturated heterocycles. The first-order valence-electron chi connectivity index (χ1n) is 12.1. The molecular formula is C29H38N2O4. The lowest BCUT2D eigenvalue weighted by Crippen LogP contribution is -2.32. The van der Waals surface area contributed by atoms with Crippen LogP contribution in [0.1, 0.15) is 64.2 Å². The molecule has 1 atom stereocenters. The van der Waals surface area contributed by atoms with Crippen molar-refractivity contribution in [2.75, 3.05) is 26.5 Å². The van der Waals surface area contributed by atoms with Crippen molar-refractivity contribution in [2.24, 2.45) is 0 Å². The molecule has 188 valence electrons. The van der Waals surface area contributed by atoms with E-state index in [0.717, 1.165) is 34.4 Å². The van der Waals surface area contributed by atoms with Gasteiger partial charge in [-0.2, -0.15) is 0 Å². The third kappa shape index (κ3) is 5.38. The molecule has 0 bridgehead atoms. The van der Waals surface area contributed by atoms with Crippen LogP contribution in [0.5, 0.6) is 17.2 Å². The topological polar surface area (TPSA) is 68.8 Å². The first-order chi connectivity index (χ1) is 16.7. The van der Waals surface area contributed by atoms with E-state index in [-0.39, 0.29) is 17.6 Å². The van der Waals surface area contributed by atoms with Crippen LogP contribution in [0.3, 0.4) is 0 Å². The Morgan fingerprint density at radius 2 is 1.94 bits per heavy atom. The number of hydrogen-bond donors (Lipinski definition) is 2. The summed E-state index contributed by atoms with van der Waals surface area (Å²) in [7, 11) is 5.34. The molecule has 2 aliphatic rings. The molecule has 2 aromatic carbocycles. The quantitative estimate of drug-likeness (QED) is 0.280. The lowest BCUT2D eigenvalue weighted by atomic mass is 9.81. The third-order valence-electron chi connectivity index (χ3n) is 5.88. The number of carbonyl (C=O) groups excluding carboxylic acids is 1. The lowest BCUT2D eigenvalue weighted by Gasteiger charge is -2.37. The zero-order valence-electron chi connectivity index (χ0n) is 22.0. The van der Waals surface area contributed by atoms with Crippen molar-refractivity contribution in [3.63, 3.8) is 0 Å². The molecule has 4 rings (SSSR count). The fourth-order valence-electron chi connectivity index (χ4n) is 4.79. The predicted molar refractivity (Wildman–Crippen MR) is 143 cm³/mol. The standard InChI is InChI=1S/C27H31NO4.C2H7N/c1-7-9-19-24-17(11-12-18-23(24)16(3)15-27(4,5)28-18)25-20(31-19)13-14-21(26(25)30-6)32-22(29)10-8-2;1-3-2/h7,11-15,19,28H,1,8-10H2,2-6H3;3H,1-2H3. The van der Waals surface area contributed by atoms with E-state index in [4.69, 9.17) is 14.2 Å². The summed E-state index contributed by atoms with van der Waals surface area (Å²) in [5, 5.41) is 6.38. The van der Waals surface area contributed by atoms with Gasteiger partial charge in [0.15, 0.2) is 11.5 Å². The smallest absolute Gasteiger partial charge is 0.311 e. The maximum atomic E-state index is 12.2. The maximum Gasteiger partial charge on any atom is 0.311 e. The molecule has 6 nitrogen and oxygen atoms in total. The molecule has 35 heavy (non-hydrogen) atoms. The molecule has 2 N–H and O–H groups in total. The molecule has 0 aromatic heterocycles. The number of esters is 1. The van der Waals surface area contributed by atoms with E-state index < -0.39 is 0 Å². The Bertz CT molecular complexity index is 1130. The van der Waals surface area contributed by atoms with Crippen LogP contribution in [0.25, 0.3) is 16.7 Å². The van der Waals surface area contributed by atoms with Gasteiger partial charge in [0.2, 0.25) is 0 Å². The van der Waals surface area contributed by atoms with Crippen LogP contribution in [0, 0.1) is 0 Å². The van der Waals surface area contributed by atoms with Crippen molar-refractivity contribution in [3.05, 3.63) is 54.1 Å². The van der Waals surface area contributed by atoms with Gasteiger partial charge in [-0.1, -0.05) is 25.1 Å². The summed E-state index contributed by atoms with van der Waals surface area (Å²) in [4.78, 5) is 12.2. The predicted octanol–water partition coefficient (Wildman–Crippen LogP) is 6.52. The number of nitrogens with one attached hydrogen (secondary N) is 2. The molecule has 1 unspecified atom stereocenters. The van der Waals surface area contributed by atoms with Gasteiger partial charge in [0.25, 0.3) is 0 Å². The molecule has 0 amide bonds. The molecule has 2 aromatic rings. The SMILES string of the molecule is C=CCC1Oc2ccc(OC(=O)CCC)c(OC)c2-c2ccc3c(c21)C(C)=CC(C)(C)N3.CNC. The number of allylic oxidation sites excluding steroid dienone is 1. The van der Waals surface area contributed by atoms with Gasteiger partial charge in [0.05, 0.1) is 18.2 Å². The second-order valence-corrected chi connectivity index (χ2v) is 9.45. The molecular weight excluding hydrogens is 440 g/mol. The highest BCUT2D eigenvalue weighted by Crippen LogP contribution is 2.54. The van der Waals surface area contributed by atoms with Crippen LogP contribution in [-0.4, -0.2) is 32.7 Å². The summed E-state index contributed by atoms with van der Waals surface area (Å²) < 4.78 is 17.9. The zero-order chi connectivity index (χ0) is 25.8. The number of benzene rings is 2. The third-order valence-corrected chi connectivity index (χ3v) is 5.88. The van der Waals surface area contributed by atoms with Gasteiger partial charge in [-0.15, -0.1) is 6.58 Å². The van der Waals surface area contributed by atoms with Crippen molar-refractivity contribution in [2.45, 2.75) is 58.6 Å². The van der Waals surface area contributed by atoms with Crippen molar-refractivity contribution in [3.8, 4) is 28.4 Å². The van der Waals surface area contributed by atoms with Gasteiger partial charge < -0.3 is 24.8 Å². The van der Waals surface area contributed by atoms with Gasteiger partial charge in [0, 0.05) is 29.7 Å². The van der Waals surface area contributed by atoms with Crippen molar-refractivity contribution in [1.29, 1.82) is 0 Å². The number of carbonyl (C=O) groups is 1. The summed E-state index contributed by atoms with van der Waals surface area (Å²) >= 11 is 0. The zero-order valence-corrected chi connectivity index (χ0v) is 22.0. The highest BCUT2D eigenvalue weighted by Gasteiger charge is 2.35. The minimum absolute atomic E-state index is 0.134. The maximum absolute atomic E-state index is 12.2. The summed E-state index contributed by atoms with van der Waals surface area (Å²) in [6.45, 7) is 12.3. The van der Waals surface area contributed by atoms with Crippen LogP contribution in [-0.2, 0) is 4.79 Å². The van der Waals surface area contributed by atoms with Gasteiger partial charge >= 0.3 is 5.97 Å².